The molecule has 1 aromatic carbocycles. The van der Waals surface area contributed by atoms with Gasteiger partial charge in [0.2, 0.25) is 0 Å². The summed E-state index contributed by atoms with van der Waals surface area (Å²) >= 11 is 0. The van der Waals surface area contributed by atoms with Crippen molar-refractivity contribution in [2.24, 2.45) is 0 Å². The molecule has 0 spiro atoms. The van der Waals surface area contributed by atoms with E-state index in [0.29, 0.717) is 37.3 Å². The molecular formula is C14H20N2O3. The van der Waals surface area contributed by atoms with Gasteiger partial charge in [-0.05, 0) is 37.7 Å². The summed E-state index contributed by atoms with van der Waals surface area (Å²) in [6.07, 6.45) is -0.870. The predicted molar refractivity (Wildman–Crippen MR) is 71.7 cm³/mol. The van der Waals surface area contributed by atoms with Gasteiger partial charge in [-0.3, -0.25) is 0 Å². The molecule has 0 aliphatic carbocycles. The fraction of sp³-hybridized carbons (Fsp3) is 0.500. The molecular weight excluding hydrogens is 244 g/mol. The number of nitrogens with one attached hydrogen (secondary N) is 1. The van der Waals surface area contributed by atoms with Gasteiger partial charge in [-0.2, -0.15) is 5.26 Å². The minimum Gasteiger partial charge on any atom is -0.493 e. The molecule has 0 aliphatic heterocycles. The topological polar surface area (TPSA) is 85.5 Å². The summed E-state index contributed by atoms with van der Waals surface area (Å²) in [5, 5.41) is 31.1. The van der Waals surface area contributed by atoms with Crippen molar-refractivity contribution in [3.05, 3.63) is 29.8 Å². The number of hydrogen-bond acceptors (Lipinski definition) is 5. The van der Waals surface area contributed by atoms with Crippen molar-refractivity contribution < 1.29 is 14.9 Å². The van der Waals surface area contributed by atoms with Gasteiger partial charge in [-0.15, -0.1) is 0 Å². The molecule has 3 N–H and O–H groups in total. The lowest BCUT2D eigenvalue weighted by molar-refractivity contribution is 0.0140. The van der Waals surface area contributed by atoms with Crippen LogP contribution in [0, 0.1) is 11.3 Å². The molecule has 0 amide bonds. The van der Waals surface area contributed by atoms with Crippen molar-refractivity contribution in [2.75, 3.05) is 20.2 Å². The van der Waals surface area contributed by atoms with Gasteiger partial charge in [0.1, 0.15) is 18.5 Å². The van der Waals surface area contributed by atoms with Crippen LogP contribution in [-0.2, 0) is 0 Å². The van der Waals surface area contributed by atoms with Crippen molar-refractivity contribution in [2.45, 2.75) is 25.0 Å². The van der Waals surface area contributed by atoms with Crippen LogP contribution in [0.4, 0.5) is 0 Å². The Morgan fingerprint density at radius 2 is 2.00 bits per heavy atom. The van der Waals surface area contributed by atoms with Crippen LogP contribution in [-0.4, -0.2) is 36.5 Å². The van der Waals surface area contributed by atoms with Crippen LogP contribution in [0.15, 0.2) is 24.3 Å². The van der Waals surface area contributed by atoms with Crippen LogP contribution in [0.5, 0.6) is 5.75 Å². The molecule has 0 radical (unpaired) electrons. The zero-order chi connectivity index (χ0) is 14.1. The molecule has 19 heavy (non-hydrogen) atoms. The summed E-state index contributed by atoms with van der Waals surface area (Å²) in [5.74, 6) is 0.649. The molecule has 0 heterocycles. The van der Waals surface area contributed by atoms with Crippen LogP contribution >= 0.6 is 0 Å². The number of aliphatic hydroxyl groups is 2. The fourth-order valence-electron chi connectivity index (χ4n) is 1.65. The Labute approximate surface area is 113 Å². The van der Waals surface area contributed by atoms with E-state index in [2.05, 4.69) is 5.32 Å². The number of hydrogen-bond donors (Lipinski definition) is 3. The predicted octanol–water partition coefficient (Wildman–Crippen LogP) is 0.983. The number of benzene rings is 1. The fourth-order valence-corrected chi connectivity index (χ4v) is 1.65. The van der Waals surface area contributed by atoms with Gasteiger partial charge in [-0.1, -0.05) is 12.1 Å². The maximum Gasteiger partial charge on any atom is 0.119 e. The third kappa shape index (κ3) is 5.26. The molecule has 2 atom stereocenters. The molecule has 1 rings (SSSR count). The quantitative estimate of drug-likeness (QED) is 0.609. The lowest BCUT2D eigenvalue weighted by Gasteiger charge is -2.18. The second-order valence-corrected chi connectivity index (χ2v) is 4.23. The van der Waals surface area contributed by atoms with E-state index < -0.39 is 12.2 Å². The van der Waals surface area contributed by atoms with E-state index in [1.54, 1.807) is 31.3 Å². The Kier molecular flexibility index (Phi) is 6.90. The highest BCUT2D eigenvalue weighted by Gasteiger charge is 2.17. The van der Waals surface area contributed by atoms with E-state index in [-0.39, 0.29) is 0 Å². The van der Waals surface area contributed by atoms with Gasteiger partial charge in [0.15, 0.2) is 0 Å². The van der Waals surface area contributed by atoms with Gasteiger partial charge in [0.25, 0.3) is 0 Å². The first kappa shape index (κ1) is 15.4. The molecule has 5 nitrogen and oxygen atoms in total. The largest absolute Gasteiger partial charge is 0.493 e. The van der Waals surface area contributed by atoms with E-state index in [9.17, 15) is 10.2 Å². The second kappa shape index (κ2) is 8.48. The summed E-state index contributed by atoms with van der Waals surface area (Å²) in [5.41, 5.74) is 0.649. The third-order valence-corrected chi connectivity index (χ3v) is 2.76. The van der Waals surface area contributed by atoms with E-state index in [4.69, 9.17) is 10.00 Å². The molecule has 0 saturated carbocycles. The molecule has 104 valence electrons. The summed E-state index contributed by atoms with van der Waals surface area (Å²) in [6, 6.07) is 8.88. The lowest BCUT2D eigenvalue weighted by atomic mass is 10.0. The zero-order valence-corrected chi connectivity index (χ0v) is 11.0. The Balaban J connectivity index is 2.52. The van der Waals surface area contributed by atoms with Crippen molar-refractivity contribution in [3.63, 3.8) is 0 Å². The first-order valence-corrected chi connectivity index (χ1v) is 6.29. The van der Waals surface area contributed by atoms with Crippen LogP contribution in [0.3, 0.4) is 0 Å². The maximum absolute atomic E-state index is 9.96. The monoisotopic (exact) mass is 264 g/mol. The highest BCUT2D eigenvalue weighted by Crippen LogP contribution is 2.21. The Morgan fingerprint density at radius 1 is 1.32 bits per heavy atom. The molecule has 0 aromatic heterocycles. The third-order valence-electron chi connectivity index (χ3n) is 2.76. The SMILES string of the molecule is CNCCC(O)C(O)c1ccc(OCCC#N)cc1. The van der Waals surface area contributed by atoms with Crippen LogP contribution in [0.1, 0.15) is 24.5 Å². The first-order valence-electron chi connectivity index (χ1n) is 6.29. The normalized spacial score (nSPS) is 13.6. The Morgan fingerprint density at radius 3 is 2.58 bits per heavy atom. The minimum atomic E-state index is -0.901. The molecule has 2 unspecified atom stereocenters. The van der Waals surface area contributed by atoms with E-state index in [1.165, 1.54) is 0 Å². The summed E-state index contributed by atoms with van der Waals surface area (Å²) in [6.45, 7) is 0.997. The van der Waals surface area contributed by atoms with E-state index in [0.717, 1.165) is 0 Å². The zero-order valence-electron chi connectivity index (χ0n) is 11.0. The number of ether oxygens (including phenoxy) is 1. The van der Waals surface area contributed by atoms with Gasteiger partial charge >= 0.3 is 0 Å². The molecule has 1 aromatic rings. The summed E-state index contributed by atoms with van der Waals surface area (Å²) in [4.78, 5) is 0. The van der Waals surface area contributed by atoms with Crippen LogP contribution in [0.2, 0.25) is 0 Å². The number of nitrogens with zero attached hydrogens (tertiary/aromatic N) is 1. The molecule has 0 fully saturated rings. The van der Waals surface area contributed by atoms with Gasteiger partial charge in [0, 0.05) is 0 Å². The maximum atomic E-state index is 9.96. The lowest BCUT2D eigenvalue weighted by Crippen LogP contribution is -2.23. The average molecular weight is 264 g/mol. The second-order valence-electron chi connectivity index (χ2n) is 4.23. The van der Waals surface area contributed by atoms with Crippen molar-refractivity contribution in [1.29, 1.82) is 5.26 Å². The first-order chi connectivity index (χ1) is 9.19. The molecule has 0 bridgehead atoms. The van der Waals surface area contributed by atoms with Crippen LogP contribution in [0.25, 0.3) is 0 Å². The summed E-state index contributed by atoms with van der Waals surface area (Å²) in [7, 11) is 1.80. The highest BCUT2D eigenvalue weighted by atomic mass is 16.5. The molecule has 0 saturated heterocycles. The average Bonchev–Trinajstić information content (AvgIpc) is 2.45. The minimum absolute atomic E-state index is 0.340. The van der Waals surface area contributed by atoms with Crippen LogP contribution < -0.4 is 10.1 Å². The van der Waals surface area contributed by atoms with E-state index in [1.807, 2.05) is 6.07 Å². The van der Waals surface area contributed by atoms with Crippen molar-refractivity contribution >= 4 is 0 Å². The Bertz CT molecular complexity index is 400. The standard InChI is InChI=1S/C14H20N2O3/c1-16-9-7-13(17)14(18)11-3-5-12(6-4-11)19-10-2-8-15/h3-6,13-14,16-18H,2,7,9-10H2,1H3. The smallest absolute Gasteiger partial charge is 0.119 e. The number of aliphatic hydroxyl groups excluding tert-OH is 2. The number of nitriles is 1. The molecule has 5 heteroatoms. The van der Waals surface area contributed by atoms with Gasteiger partial charge in [0.05, 0.1) is 18.6 Å². The van der Waals surface area contributed by atoms with Gasteiger partial charge in [-0.25, -0.2) is 0 Å². The molecule has 0 aliphatic rings. The van der Waals surface area contributed by atoms with Crippen molar-refractivity contribution in [3.8, 4) is 11.8 Å². The van der Waals surface area contributed by atoms with E-state index >= 15 is 0 Å². The Hall–Kier alpha value is -1.61. The van der Waals surface area contributed by atoms with Crippen molar-refractivity contribution in [1.82, 2.24) is 5.32 Å². The number of rotatable bonds is 8. The summed E-state index contributed by atoms with van der Waals surface area (Å²) < 4.78 is 5.33. The highest BCUT2D eigenvalue weighted by molar-refractivity contribution is 5.29. The van der Waals surface area contributed by atoms with Gasteiger partial charge < -0.3 is 20.3 Å².